The minimum Gasteiger partial charge on any atom is -0.288 e. The van der Waals surface area contributed by atoms with E-state index < -0.39 is 0 Å². The van der Waals surface area contributed by atoms with Crippen molar-refractivity contribution in [1.29, 1.82) is 0 Å². The van der Waals surface area contributed by atoms with E-state index in [0.29, 0.717) is 16.9 Å². The average Bonchev–Trinajstić information content (AvgIpc) is 2.18. The molecule has 0 aromatic heterocycles. The largest absolute Gasteiger partial charge is 0.288 e. The smallest absolute Gasteiger partial charge is 0.186 e. The monoisotopic (exact) mass is 222 g/mol. The molecule has 0 N–H and O–H groups in total. The minimum atomic E-state index is -0.280. The molecular formula is C12H11FOS. The fraction of sp³-hybridized carbons (Fsp3) is 0.250. The molecule has 0 aliphatic carbocycles. The van der Waals surface area contributed by atoms with Gasteiger partial charge in [0.05, 0.1) is 11.3 Å². The van der Waals surface area contributed by atoms with Crippen LogP contribution >= 0.6 is 11.8 Å². The third kappa shape index (κ3) is 3.77. The molecule has 0 atom stereocenters. The van der Waals surface area contributed by atoms with E-state index in [0.717, 1.165) is 11.8 Å². The summed E-state index contributed by atoms with van der Waals surface area (Å²) in [6.45, 7) is 3.18. The summed E-state index contributed by atoms with van der Waals surface area (Å²) in [7, 11) is 0. The molecule has 0 saturated carbocycles. The number of rotatable bonds is 1. The van der Waals surface area contributed by atoms with E-state index in [1.807, 2.05) is 0 Å². The molecule has 0 radical (unpaired) electrons. The first-order chi connectivity index (χ1) is 7.11. The summed E-state index contributed by atoms with van der Waals surface area (Å²) in [5, 5.41) is 0.0222. The highest BCUT2D eigenvalue weighted by Crippen LogP contribution is 2.10. The maximum Gasteiger partial charge on any atom is 0.186 e. The molecule has 78 valence electrons. The molecule has 0 aliphatic heterocycles. The van der Waals surface area contributed by atoms with Crippen molar-refractivity contribution in [3.8, 4) is 11.8 Å². The van der Waals surface area contributed by atoms with Gasteiger partial charge in [-0.2, -0.15) is 0 Å². The van der Waals surface area contributed by atoms with Gasteiger partial charge in [0.15, 0.2) is 5.12 Å². The van der Waals surface area contributed by atoms with Crippen LogP contribution in [0.25, 0.3) is 0 Å². The molecular weight excluding hydrogens is 211 g/mol. The van der Waals surface area contributed by atoms with Crippen LogP contribution in [0.2, 0.25) is 0 Å². The van der Waals surface area contributed by atoms with Crippen molar-refractivity contribution in [1.82, 2.24) is 0 Å². The van der Waals surface area contributed by atoms with E-state index in [1.54, 1.807) is 25.1 Å². The van der Waals surface area contributed by atoms with Gasteiger partial charge in [-0.25, -0.2) is 4.39 Å². The number of aryl methyl sites for hydroxylation is 1. The molecule has 1 nitrogen and oxygen atoms in total. The normalized spacial score (nSPS) is 9.27. The lowest BCUT2D eigenvalue weighted by Gasteiger charge is -1.97. The van der Waals surface area contributed by atoms with Crippen LogP contribution < -0.4 is 0 Å². The van der Waals surface area contributed by atoms with Crippen LogP contribution in [-0.2, 0) is 4.79 Å². The van der Waals surface area contributed by atoms with Gasteiger partial charge in [-0.3, -0.25) is 4.79 Å². The Bertz CT molecular complexity index is 429. The molecule has 1 rings (SSSR count). The van der Waals surface area contributed by atoms with Gasteiger partial charge in [-0.1, -0.05) is 35.7 Å². The van der Waals surface area contributed by atoms with E-state index in [1.165, 1.54) is 6.92 Å². The van der Waals surface area contributed by atoms with Gasteiger partial charge >= 0.3 is 0 Å². The van der Waals surface area contributed by atoms with Crippen LogP contribution in [-0.4, -0.2) is 10.9 Å². The summed E-state index contributed by atoms with van der Waals surface area (Å²) < 4.78 is 13.4. The van der Waals surface area contributed by atoms with Crippen LogP contribution in [0.15, 0.2) is 18.2 Å². The molecule has 0 bridgehead atoms. The predicted molar refractivity (Wildman–Crippen MR) is 61.2 cm³/mol. The highest BCUT2D eigenvalue weighted by molar-refractivity contribution is 8.13. The van der Waals surface area contributed by atoms with Crippen LogP contribution in [0.1, 0.15) is 18.1 Å². The molecule has 0 heterocycles. The van der Waals surface area contributed by atoms with Gasteiger partial charge in [-0.05, 0) is 18.6 Å². The van der Waals surface area contributed by atoms with E-state index in [2.05, 4.69) is 11.8 Å². The molecule has 3 heteroatoms. The van der Waals surface area contributed by atoms with Crippen molar-refractivity contribution >= 4 is 16.9 Å². The summed E-state index contributed by atoms with van der Waals surface area (Å²) >= 11 is 1.13. The highest BCUT2D eigenvalue weighted by Gasteiger charge is 2.00. The average molecular weight is 222 g/mol. The number of benzene rings is 1. The number of carbonyl (C=O) groups excluding carboxylic acids is 1. The van der Waals surface area contributed by atoms with E-state index in [-0.39, 0.29) is 10.9 Å². The first-order valence-corrected chi connectivity index (χ1v) is 5.47. The van der Waals surface area contributed by atoms with Crippen molar-refractivity contribution < 1.29 is 9.18 Å². The third-order valence-corrected chi connectivity index (χ3v) is 2.46. The van der Waals surface area contributed by atoms with Crippen molar-refractivity contribution in [3.63, 3.8) is 0 Å². The second-order valence-corrected chi connectivity index (χ2v) is 4.17. The Hall–Kier alpha value is -1.27. The standard InChI is InChI=1S/C12H11FOS/c1-9-5-3-6-11(12(9)13)7-4-8-15-10(2)14/h3,5-6H,8H2,1-2H3. The summed E-state index contributed by atoms with van der Waals surface area (Å²) in [4.78, 5) is 10.6. The fourth-order valence-electron chi connectivity index (χ4n) is 1.01. The zero-order valence-electron chi connectivity index (χ0n) is 8.63. The highest BCUT2D eigenvalue weighted by atomic mass is 32.2. The zero-order chi connectivity index (χ0) is 11.3. The van der Waals surface area contributed by atoms with Crippen molar-refractivity contribution in [2.45, 2.75) is 13.8 Å². The number of carbonyl (C=O) groups is 1. The van der Waals surface area contributed by atoms with E-state index >= 15 is 0 Å². The lowest BCUT2D eigenvalue weighted by Crippen LogP contribution is -1.88. The molecule has 1 aromatic carbocycles. The summed E-state index contributed by atoms with van der Waals surface area (Å²) in [6, 6.07) is 5.10. The molecule has 0 saturated heterocycles. The number of thioether (sulfide) groups is 1. The Morgan fingerprint density at radius 3 is 2.93 bits per heavy atom. The van der Waals surface area contributed by atoms with E-state index in [9.17, 15) is 9.18 Å². The lowest BCUT2D eigenvalue weighted by molar-refractivity contribution is -0.109. The van der Waals surface area contributed by atoms with Crippen molar-refractivity contribution in [2.75, 3.05) is 5.75 Å². The van der Waals surface area contributed by atoms with E-state index in [4.69, 9.17) is 0 Å². The van der Waals surface area contributed by atoms with Gasteiger partial charge in [0.2, 0.25) is 0 Å². The van der Waals surface area contributed by atoms with Gasteiger partial charge in [0.25, 0.3) is 0 Å². The third-order valence-electron chi connectivity index (χ3n) is 1.76. The van der Waals surface area contributed by atoms with Gasteiger partial charge in [0.1, 0.15) is 5.82 Å². The predicted octanol–water partition coefficient (Wildman–Crippen LogP) is 2.77. The van der Waals surface area contributed by atoms with Crippen LogP contribution in [0.3, 0.4) is 0 Å². The topological polar surface area (TPSA) is 17.1 Å². The Morgan fingerprint density at radius 1 is 1.53 bits per heavy atom. The number of hydrogen-bond acceptors (Lipinski definition) is 2. The fourth-order valence-corrected chi connectivity index (χ4v) is 1.36. The van der Waals surface area contributed by atoms with Crippen LogP contribution in [0.5, 0.6) is 0 Å². The molecule has 0 amide bonds. The van der Waals surface area contributed by atoms with Crippen LogP contribution in [0, 0.1) is 24.6 Å². The number of hydrogen-bond donors (Lipinski definition) is 0. The summed E-state index contributed by atoms with van der Waals surface area (Å²) in [5.41, 5.74) is 0.972. The number of halogens is 1. The Balaban J connectivity index is 2.72. The second-order valence-electron chi connectivity index (χ2n) is 3.02. The zero-order valence-corrected chi connectivity index (χ0v) is 9.45. The molecule has 0 spiro atoms. The lowest BCUT2D eigenvalue weighted by atomic mass is 10.1. The maximum absolute atomic E-state index is 13.4. The Morgan fingerprint density at radius 2 is 2.27 bits per heavy atom. The first kappa shape index (κ1) is 11.8. The second kappa shape index (κ2) is 5.57. The van der Waals surface area contributed by atoms with Crippen LogP contribution in [0.4, 0.5) is 4.39 Å². The summed E-state index contributed by atoms with van der Waals surface area (Å²) in [6.07, 6.45) is 0. The molecule has 0 aliphatic rings. The summed E-state index contributed by atoms with van der Waals surface area (Å²) in [5.74, 6) is 5.59. The Kier molecular flexibility index (Phi) is 4.38. The molecule has 0 unspecified atom stereocenters. The first-order valence-electron chi connectivity index (χ1n) is 4.48. The minimum absolute atomic E-state index is 0.0222. The SMILES string of the molecule is CC(=O)SCC#Cc1cccc(C)c1F. The molecule has 15 heavy (non-hydrogen) atoms. The Labute approximate surface area is 93.1 Å². The molecule has 1 aromatic rings. The van der Waals surface area contributed by atoms with Gasteiger partial charge < -0.3 is 0 Å². The maximum atomic E-state index is 13.4. The molecule has 0 fully saturated rings. The van der Waals surface area contributed by atoms with Crippen molar-refractivity contribution in [3.05, 3.63) is 35.1 Å². The quantitative estimate of drug-likeness (QED) is 0.680. The van der Waals surface area contributed by atoms with Gasteiger partial charge in [0, 0.05) is 6.92 Å². The van der Waals surface area contributed by atoms with Crippen molar-refractivity contribution in [2.24, 2.45) is 0 Å². The van der Waals surface area contributed by atoms with Gasteiger partial charge in [-0.15, -0.1) is 0 Å².